The molecule has 0 saturated heterocycles. The fraction of sp³-hybridized carbons (Fsp3) is 0.724. The van der Waals surface area contributed by atoms with Gasteiger partial charge in [0.1, 0.15) is 0 Å². The summed E-state index contributed by atoms with van der Waals surface area (Å²) in [6.45, 7) is 0.409. The molecule has 0 atom stereocenters. The van der Waals surface area contributed by atoms with Gasteiger partial charge in [0.05, 0.1) is 0 Å². The first-order valence-corrected chi connectivity index (χ1v) is 13.4. The molecular formula is C29H44F2O2. The monoisotopic (exact) mass is 462 g/mol. The lowest BCUT2D eigenvalue weighted by molar-refractivity contribution is 0.157. The normalized spacial score (nSPS) is 25.9. The van der Waals surface area contributed by atoms with Gasteiger partial charge in [-0.1, -0.05) is 76.5 Å². The van der Waals surface area contributed by atoms with Gasteiger partial charge in [0.2, 0.25) is 13.7 Å². The molecule has 0 aromatic heterocycles. The zero-order valence-corrected chi connectivity index (χ0v) is 20.6. The van der Waals surface area contributed by atoms with Crippen LogP contribution in [-0.4, -0.2) is 13.7 Å². The van der Waals surface area contributed by atoms with Crippen molar-refractivity contribution in [2.24, 2.45) is 17.8 Å². The smallest absolute Gasteiger partial charge is 0.228 e. The molecule has 1 aromatic rings. The molecule has 186 valence electrons. The van der Waals surface area contributed by atoms with Crippen LogP contribution in [0.3, 0.4) is 0 Å². The van der Waals surface area contributed by atoms with E-state index in [2.05, 4.69) is 19.1 Å². The molecule has 0 N–H and O–H groups in total. The molecule has 2 aliphatic carbocycles. The van der Waals surface area contributed by atoms with Gasteiger partial charge in [0, 0.05) is 0 Å². The average molecular weight is 463 g/mol. The van der Waals surface area contributed by atoms with E-state index in [1.54, 1.807) is 6.07 Å². The minimum Gasteiger partial charge on any atom is -0.459 e. The van der Waals surface area contributed by atoms with Crippen molar-refractivity contribution in [3.8, 4) is 11.5 Å². The topological polar surface area (TPSA) is 18.5 Å². The van der Waals surface area contributed by atoms with Gasteiger partial charge >= 0.3 is 0 Å². The molecule has 2 aliphatic rings. The summed E-state index contributed by atoms with van der Waals surface area (Å²) in [6.07, 6.45) is 23.5. The van der Waals surface area contributed by atoms with Crippen molar-refractivity contribution < 1.29 is 18.3 Å². The van der Waals surface area contributed by atoms with Crippen molar-refractivity contribution in [2.45, 2.75) is 103 Å². The molecular weight excluding hydrogens is 418 g/mol. The molecule has 0 heterocycles. The molecule has 2 fully saturated rings. The maximum atomic E-state index is 12.7. The maximum Gasteiger partial charge on any atom is 0.228 e. The van der Waals surface area contributed by atoms with E-state index < -0.39 is 13.7 Å². The second kappa shape index (κ2) is 14.6. The molecule has 2 nitrogen and oxygen atoms in total. The molecule has 33 heavy (non-hydrogen) atoms. The summed E-state index contributed by atoms with van der Waals surface area (Å²) in [6, 6.07) is 5.49. The Morgan fingerprint density at radius 2 is 1.48 bits per heavy atom. The molecule has 0 amide bonds. The third kappa shape index (κ3) is 8.61. The van der Waals surface area contributed by atoms with Gasteiger partial charge in [0.25, 0.3) is 0 Å². The summed E-state index contributed by atoms with van der Waals surface area (Å²) in [4.78, 5) is 0. The van der Waals surface area contributed by atoms with Crippen molar-refractivity contribution in [1.29, 1.82) is 0 Å². The quantitative estimate of drug-likeness (QED) is 0.215. The van der Waals surface area contributed by atoms with Crippen LogP contribution < -0.4 is 9.47 Å². The highest BCUT2D eigenvalue weighted by Gasteiger charge is 2.23. The van der Waals surface area contributed by atoms with Crippen molar-refractivity contribution in [1.82, 2.24) is 0 Å². The Morgan fingerprint density at radius 1 is 0.818 bits per heavy atom. The first-order valence-electron chi connectivity index (χ1n) is 13.4. The number of ether oxygens (including phenoxy) is 2. The lowest BCUT2D eigenvalue weighted by atomic mass is 9.77. The molecule has 0 aliphatic heterocycles. The molecule has 1 aromatic carbocycles. The molecule has 4 heteroatoms. The molecule has 0 unspecified atom stereocenters. The van der Waals surface area contributed by atoms with E-state index >= 15 is 0 Å². The van der Waals surface area contributed by atoms with Gasteiger partial charge in [-0.25, -0.2) is 8.78 Å². The predicted octanol–water partition coefficient (Wildman–Crippen LogP) is 9.30. The third-order valence-corrected chi connectivity index (χ3v) is 7.96. The minimum absolute atomic E-state index is 0.264. The van der Waals surface area contributed by atoms with Crippen molar-refractivity contribution in [3.63, 3.8) is 0 Å². The van der Waals surface area contributed by atoms with Crippen molar-refractivity contribution in [2.75, 3.05) is 13.7 Å². The Balaban J connectivity index is 1.35. The van der Waals surface area contributed by atoms with Crippen LogP contribution in [0, 0.1) is 17.8 Å². The summed E-state index contributed by atoms with van der Waals surface area (Å²) in [7, 11) is 0. The number of rotatable bonds is 13. The van der Waals surface area contributed by atoms with Crippen LogP contribution in [0.5, 0.6) is 11.5 Å². The van der Waals surface area contributed by atoms with E-state index in [1.807, 2.05) is 12.1 Å². The van der Waals surface area contributed by atoms with Gasteiger partial charge in [0.15, 0.2) is 11.5 Å². The highest BCUT2D eigenvalue weighted by molar-refractivity contribution is 5.44. The highest BCUT2D eigenvalue weighted by atomic mass is 19.1. The van der Waals surface area contributed by atoms with E-state index in [1.165, 1.54) is 77.0 Å². The number of hydrogen-bond acceptors (Lipinski definition) is 2. The van der Waals surface area contributed by atoms with E-state index in [9.17, 15) is 8.78 Å². The van der Waals surface area contributed by atoms with Crippen LogP contribution in [0.1, 0.15) is 108 Å². The fourth-order valence-corrected chi connectivity index (χ4v) is 5.89. The Bertz CT molecular complexity index is 689. The highest BCUT2D eigenvalue weighted by Crippen LogP contribution is 2.40. The summed E-state index contributed by atoms with van der Waals surface area (Å²) >= 11 is 0. The van der Waals surface area contributed by atoms with E-state index in [0.717, 1.165) is 30.2 Å². The zero-order valence-electron chi connectivity index (χ0n) is 20.6. The summed E-state index contributed by atoms with van der Waals surface area (Å²) in [5, 5.41) is 0. The largest absolute Gasteiger partial charge is 0.459 e. The van der Waals surface area contributed by atoms with Gasteiger partial charge < -0.3 is 9.47 Å². The van der Waals surface area contributed by atoms with E-state index in [-0.39, 0.29) is 5.75 Å². The number of unbranched alkanes of at least 4 members (excludes halogenated alkanes) is 2. The number of benzene rings is 1. The van der Waals surface area contributed by atoms with Crippen molar-refractivity contribution in [3.05, 3.63) is 35.9 Å². The van der Waals surface area contributed by atoms with Gasteiger partial charge in [-0.2, -0.15) is 0 Å². The zero-order chi connectivity index (χ0) is 23.3. The lowest BCUT2D eigenvalue weighted by Gasteiger charge is -2.28. The minimum atomic E-state index is -0.945. The lowest BCUT2D eigenvalue weighted by Crippen LogP contribution is -2.14. The van der Waals surface area contributed by atoms with Crippen LogP contribution >= 0.6 is 0 Å². The number of alkyl halides is 2. The Hall–Kier alpha value is -1.58. The van der Waals surface area contributed by atoms with Crippen molar-refractivity contribution >= 4 is 0 Å². The number of halogens is 2. The number of hydrogen-bond donors (Lipinski definition) is 0. The summed E-state index contributed by atoms with van der Waals surface area (Å²) in [5.41, 5.74) is 1.14. The second-order valence-electron chi connectivity index (χ2n) is 10.2. The standard InChI is InChI=1S/C29H44F2O2/c1-2-3-4-7-23-10-12-24(13-11-23)8-5-6-9-25-14-16-26(17-15-25)27-18-19-28(32-21-30)29(20-27)33-22-31/h6,9,18-20,23-26H,2-5,7-8,10-17,21-22H2,1H3/b9-6+. The summed E-state index contributed by atoms with van der Waals surface area (Å²) < 4.78 is 35.1. The number of allylic oxidation sites excluding steroid dienone is 2. The Labute approximate surface area is 200 Å². The fourth-order valence-electron chi connectivity index (χ4n) is 5.89. The molecule has 0 bridgehead atoms. The van der Waals surface area contributed by atoms with Crippen LogP contribution in [0.4, 0.5) is 8.78 Å². The maximum absolute atomic E-state index is 12.7. The third-order valence-electron chi connectivity index (χ3n) is 7.96. The molecule has 0 spiro atoms. The van der Waals surface area contributed by atoms with Gasteiger partial charge in [-0.3, -0.25) is 0 Å². The SMILES string of the molecule is CCCCCC1CCC(CC/C=C/C2CCC(c3ccc(OCF)c(OCF)c3)CC2)CC1. The Kier molecular flexibility index (Phi) is 11.5. The summed E-state index contributed by atoms with van der Waals surface area (Å²) in [5.74, 6) is 3.63. The van der Waals surface area contributed by atoms with Crippen LogP contribution in [0.2, 0.25) is 0 Å². The van der Waals surface area contributed by atoms with Gasteiger partial charge in [-0.05, 0) is 79.9 Å². The molecule has 2 saturated carbocycles. The predicted molar refractivity (Wildman–Crippen MR) is 132 cm³/mol. The average Bonchev–Trinajstić information content (AvgIpc) is 2.85. The van der Waals surface area contributed by atoms with Crippen LogP contribution in [-0.2, 0) is 0 Å². The first kappa shape index (κ1) is 26.0. The first-order chi connectivity index (χ1) is 16.2. The van der Waals surface area contributed by atoms with Crippen LogP contribution in [0.15, 0.2) is 30.4 Å². The van der Waals surface area contributed by atoms with Crippen LogP contribution in [0.25, 0.3) is 0 Å². The van der Waals surface area contributed by atoms with E-state index in [0.29, 0.717) is 17.6 Å². The second-order valence-corrected chi connectivity index (χ2v) is 10.2. The van der Waals surface area contributed by atoms with E-state index in [4.69, 9.17) is 9.47 Å². The Morgan fingerprint density at radius 3 is 2.15 bits per heavy atom. The molecule has 3 rings (SSSR count). The van der Waals surface area contributed by atoms with Gasteiger partial charge in [-0.15, -0.1) is 0 Å². The molecule has 0 radical (unpaired) electrons.